The maximum absolute atomic E-state index is 10.7. The van der Waals surface area contributed by atoms with Crippen LogP contribution in [0.15, 0.2) is 0 Å². The van der Waals surface area contributed by atoms with E-state index in [1.165, 1.54) is 6.26 Å². The van der Waals surface area contributed by atoms with Gasteiger partial charge in [-0.2, -0.15) is 0 Å². The maximum Gasteiger partial charge on any atom is 0.208 e. The van der Waals surface area contributed by atoms with Gasteiger partial charge in [0.15, 0.2) is 0 Å². The van der Waals surface area contributed by atoms with Gasteiger partial charge in [0.2, 0.25) is 10.0 Å². The van der Waals surface area contributed by atoms with E-state index in [2.05, 4.69) is 30.4 Å². The molecule has 0 rings (SSSR count). The number of hydrogen-bond donors (Lipinski definition) is 1. The molecule has 1 N–H and O–H groups in total. The Balaban J connectivity index is 3.74. The van der Waals surface area contributed by atoms with Crippen LogP contribution < -0.4 is 4.72 Å². The van der Waals surface area contributed by atoms with Crippen LogP contribution in [0.5, 0.6) is 0 Å². The molecule has 0 aliphatic rings. The molecule has 13 heavy (non-hydrogen) atoms. The van der Waals surface area contributed by atoms with E-state index in [1.54, 1.807) is 0 Å². The fourth-order valence-corrected chi connectivity index (χ4v) is 1.62. The second kappa shape index (κ2) is 5.57. The summed E-state index contributed by atoms with van der Waals surface area (Å²) in [5.41, 5.74) is 0. The van der Waals surface area contributed by atoms with E-state index < -0.39 is 10.0 Å². The van der Waals surface area contributed by atoms with Gasteiger partial charge < -0.3 is 0 Å². The Hall–Kier alpha value is -0.130. The number of nitrogens with zero attached hydrogens (tertiary/aromatic N) is 1. The molecule has 0 fully saturated rings. The first-order valence-electron chi connectivity index (χ1n) is 4.55. The lowest BCUT2D eigenvalue weighted by Crippen LogP contribution is -2.38. The fourth-order valence-electron chi connectivity index (χ4n) is 1.16. The molecule has 0 aromatic carbocycles. The number of sulfonamides is 1. The number of hydrogen-bond acceptors (Lipinski definition) is 3. The Morgan fingerprint density at radius 1 is 1.38 bits per heavy atom. The SMILES string of the molecule is CCN(CCNS(C)(=O)=O)C(C)C. The van der Waals surface area contributed by atoms with Gasteiger partial charge in [-0.05, 0) is 20.4 Å². The Morgan fingerprint density at radius 2 is 1.92 bits per heavy atom. The quantitative estimate of drug-likeness (QED) is 0.681. The monoisotopic (exact) mass is 208 g/mol. The number of likely N-dealkylation sites (N-methyl/N-ethyl adjacent to an activating group) is 1. The molecular formula is C8H20N2O2S. The molecule has 0 amide bonds. The van der Waals surface area contributed by atoms with Gasteiger partial charge in [-0.1, -0.05) is 6.92 Å². The van der Waals surface area contributed by atoms with Gasteiger partial charge in [-0.25, -0.2) is 13.1 Å². The van der Waals surface area contributed by atoms with Crippen LogP contribution in [0.3, 0.4) is 0 Å². The highest BCUT2D eigenvalue weighted by atomic mass is 32.2. The molecule has 5 heteroatoms. The van der Waals surface area contributed by atoms with E-state index >= 15 is 0 Å². The third-order valence-electron chi connectivity index (χ3n) is 1.90. The minimum atomic E-state index is -3.03. The molecule has 0 atom stereocenters. The average molecular weight is 208 g/mol. The molecule has 0 aromatic rings. The predicted octanol–water partition coefficient (Wildman–Crippen LogP) is 0.266. The van der Waals surface area contributed by atoms with E-state index in [0.29, 0.717) is 12.6 Å². The first-order chi connectivity index (χ1) is 5.87. The van der Waals surface area contributed by atoms with Gasteiger partial charge in [-0.3, -0.25) is 4.90 Å². The van der Waals surface area contributed by atoms with Crippen molar-refractivity contribution in [1.82, 2.24) is 9.62 Å². The van der Waals surface area contributed by atoms with Crippen molar-refractivity contribution in [2.75, 3.05) is 25.9 Å². The zero-order chi connectivity index (χ0) is 10.5. The third kappa shape index (κ3) is 6.98. The van der Waals surface area contributed by atoms with Crippen LogP contribution in [-0.2, 0) is 10.0 Å². The van der Waals surface area contributed by atoms with Gasteiger partial charge in [0.05, 0.1) is 6.26 Å². The third-order valence-corrected chi connectivity index (χ3v) is 2.63. The average Bonchev–Trinajstić information content (AvgIpc) is 1.95. The molecule has 0 radical (unpaired) electrons. The summed E-state index contributed by atoms with van der Waals surface area (Å²) < 4.78 is 24.0. The normalized spacial score (nSPS) is 12.8. The molecular weight excluding hydrogens is 188 g/mol. The molecule has 0 saturated heterocycles. The van der Waals surface area contributed by atoms with Gasteiger partial charge >= 0.3 is 0 Å². The van der Waals surface area contributed by atoms with Crippen molar-refractivity contribution in [3.05, 3.63) is 0 Å². The minimum Gasteiger partial charge on any atom is -0.300 e. The van der Waals surface area contributed by atoms with Crippen LogP contribution in [0.2, 0.25) is 0 Å². The highest BCUT2D eigenvalue weighted by Crippen LogP contribution is 1.95. The van der Waals surface area contributed by atoms with Crippen LogP contribution >= 0.6 is 0 Å². The van der Waals surface area contributed by atoms with Crippen LogP contribution in [0.4, 0.5) is 0 Å². The first-order valence-corrected chi connectivity index (χ1v) is 6.44. The first kappa shape index (κ1) is 12.9. The predicted molar refractivity (Wildman–Crippen MR) is 55.2 cm³/mol. The van der Waals surface area contributed by atoms with Gasteiger partial charge in [0.25, 0.3) is 0 Å². The van der Waals surface area contributed by atoms with Crippen molar-refractivity contribution in [3.63, 3.8) is 0 Å². The Labute approximate surface area is 81.4 Å². The summed E-state index contributed by atoms with van der Waals surface area (Å²) in [7, 11) is -3.03. The number of nitrogens with one attached hydrogen (secondary N) is 1. The second-order valence-corrected chi connectivity index (χ2v) is 5.22. The maximum atomic E-state index is 10.7. The van der Waals surface area contributed by atoms with Gasteiger partial charge in [-0.15, -0.1) is 0 Å². The smallest absolute Gasteiger partial charge is 0.208 e. The number of rotatable bonds is 6. The Kier molecular flexibility index (Phi) is 5.51. The van der Waals surface area contributed by atoms with Crippen molar-refractivity contribution in [3.8, 4) is 0 Å². The van der Waals surface area contributed by atoms with E-state index in [-0.39, 0.29) is 0 Å². The highest BCUT2D eigenvalue weighted by molar-refractivity contribution is 7.88. The van der Waals surface area contributed by atoms with E-state index in [9.17, 15) is 8.42 Å². The molecule has 0 spiro atoms. The lowest BCUT2D eigenvalue weighted by Gasteiger charge is -2.24. The molecule has 80 valence electrons. The van der Waals surface area contributed by atoms with E-state index in [4.69, 9.17) is 0 Å². The van der Waals surface area contributed by atoms with Gasteiger partial charge in [0, 0.05) is 19.1 Å². The Morgan fingerprint density at radius 3 is 2.23 bits per heavy atom. The minimum absolute atomic E-state index is 0.464. The largest absolute Gasteiger partial charge is 0.300 e. The Bertz CT molecular complexity index is 224. The van der Waals surface area contributed by atoms with Crippen LogP contribution in [0.25, 0.3) is 0 Å². The van der Waals surface area contributed by atoms with Gasteiger partial charge in [0.1, 0.15) is 0 Å². The lowest BCUT2D eigenvalue weighted by atomic mass is 10.3. The molecule has 0 aromatic heterocycles. The topological polar surface area (TPSA) is 49.4 Å². The molecule has 0 unspecified atom stereocenters. The summed E-state index contributed by atoms with van der Waals surface area (Å²) in [5, 5.41) is 0. The summed E-state index contributed by atoms with van der Waals surface area (Å²) in [6.45, 7) is 8.48. The molecule has 0 aliphatic heterocycles. The zero-order valence-electron chi connectivity index (χ0n) is 8.87. The van der Waals surface area contributed by atoms with Crippen molar-refractivity contribution >= 4 is 10.0 Å². The summed E-state index contributed by atoms with van der Waals surface area (Å²) in [6, 6.07) is 0.464. The summed E-state index contributed by atoms with van der Waals surface area (Å²) in [6.07, 6.45) is 1.18. The summed E-state index contributed by atoms with van der Waals surface area (Å²) in [4.78, 5) is 2.21. The van der Waals surface area contributed by atoms with E-state index in [0.717, 1.165) is 13.1 Å². The molecule has 0 aliphatic carbocycles. The second-order valence-electron chi connectivity index (χ2n) is 3.39. The molecule has 0 heterocycles. The van der Waals surface area contributed by atoms with Crippen LogP contribution in [0, 0.1) is 0 Å². The van der Waals surface area contributed by atoms with Crippen molar-refractivity contribution in [2.24, 2.45) is 0 Å². The lowest BCUT2D eigenvalue weighted by molar-refractivity contribution is 0.238. The highest BCUT2D eigenvalue weighted by Gasteiger charge is 2.07. The van der Waals surface area contributed by atoms with E-state index in [1.807, 2.05) is 0 Å². The zero-order valence-corrected chi connectivity index (χ0v) is 9.69. The van der Waals surface area contributed by atoms with Crippen LogP contribution in [-0.4, -0.2) is 45.2 Å². The standard InChI is InChI=1S/C8H20N2O2S/c1-5-10(8(2)3)7-6-9-13(4,11)12/h8-9H,5-7H2,1-4H3. The van der Waals surface area contributed by atoms with Crippen LogP contribution in [0.1, 0.15) is 20.8 Å². The van der Waals surface area contributed by atoms with Crippen molar-refractivity contribution in [1.29, 1.82) is 0 Å². The molecule has 0 saturated carbocycles. The fraction of sp³-hybridized carbons (Fsp3) is 1.00. The summed E-state index contributed by atoms with van der Waals surface area (Å²) >= 11 is 0. The summed E-state index contributed by atoms with van der Waals surface area (Å²) in [5.74, 6) is 0. The molecule has 0 bridgehead atoms. The van der Waals surface area contributed by atoms with Crippen molar-refractivity contribution in [2.45, 2.75) is 26.8 Å². The molecule has 4 nitrogen and oxygen atoms in total. The van der Waals surface area contributed by atoms with Crippen molar-refractivity contribution < 1.29 is 8.42 Å².